The molecular formula is C14H10ClN5. The molecule has 5 nitrogen and oxygen atoms in total. The highest BCUT2D eigenvalue weighted by Gasteiger charge is 2.08. The minimum Gasteiger partial charge on any atom is -0.325 e. The van der Waals surface area contributed by atoms with Crippen LogP contribution in [0.2, 0.25) is 5.02 Å². The van der Waals surface area contributed by atoms with Gasteiger partial charge in [-0.3, -0.25) is 5.10 Å². The summed E-state index contributed by atoms with van der Waals surface area (Å²) in [4.78, 5) is 8.87. The molecule has 4 aromatic rings. The summed E-state index contributed by atoms with van der Waals surface area (Å²) in [6, 6.07) is 15.3. The van der Waals surface area contributed by atoms with Crippen molar-refractivity contribution in [2.45, 2.75) is 0 Å². The highest BCUT2D eigenvalue weighted by atomic mass is 35.5. The molecule has 0 radical (unpaired) electrons. The molecule has 0 atom stereocenters. The number of hydrogen-bond donors (Lipinski definition) is 2. The largest absolute Gasteiger partial charge is 0.325 e. The SMILES string of the molecule is Clc1ccc(Nc2nc3nc4ccccc4n3[nH]2)cc1. The van der Waals surface area contributed by atoms with Crippen molar-refractivity contribution in [1.82, 2.24) is 19.6 Å². The summed E-state index contributed by atoms with van der Waals surface area (Å²) in [7, 11) is 0. The number of H-pyrrole nitrogens is 1. The molecule has 0 aliphatic rings. The molecule has 2 aromatic carbocycles. The number of imidazole rings is 1. The van der Waals surface area contributed by atoms with Crippen molar-refractivity contribution in [3.63, 3.8) is 0 Å². The molecule has 0 aliphatic carbocycles. The summed E-state index contributed by atoms with van der Waals surface area (Å²) < 4.78 is 1.85. The third-order valence-corrected chi connectivity index (χ3v) is 3.33. The number of nitrogens with one attached hydrogen (secondary N) is 2. The zero-order chi connectivity index (χ0) is 13.5. The van der Waals surface area contributed by atoms with Crippen molar-refractivity contribution in [3.8, 4) is 0 Å². The van der Waals surface area contributed by atoms with Gasteiger partial charge in [0.25, 0.3) is 5.78 Å². The van der Waals surface area contributed by atoms with Crippen molar-refractivity contribution in [1.29, 1.82) is 0 Å². The van der Waals surface area contributed by atoms with Gasteiger partial charge in [0.15, 0.2) is 0 Å². The Balaban J connectivity index is 1.75. The van der Waals surface area contributed by atoms with Crippen LogP contribution in [0.1, 0.15) is 0 Å². The summed E-state index contributed by atoms with van der Waals surface area (Å²) >= 11 is 5.86. The Morgan fingerprint density at radius 3 is 2.65 bits per heavy atom. The Morgan fingerprint density at radius 2 is 1.80 bits per heavy atom. The molecule has 20 heavy (non-hydrogen) atoms. The monoisotopic (exact) mass is 283 g/mol. The van der Waals surface area contributed by atoms with E-state index < -0.39 is 0 Å². The first-order chi connectivity index (χ1) is 9.79. The second kappa shape index (κ2) is 4.25. The molecule has 4 rings (SSSR count). The van der Waals surface area contributed by atoms with Crippen LogP contribution in [0.25, 0.3) is 16.8 Å². The molecule has 98 valence electrons. The molecule has 0 fully saturated rings. The van der Waals surface area contributed by atoms with Gasteiger partial charge in [0.05, 0.1) is 11.0 Å². The van der Waals surface area contributed by atoms with Crippen molar-refractivity contribution in [2.75, 3.05) is 5.32 Å². The van der Waals surface area contributed by atoms with Gasteiger partial charge in [-0.25, -0.2) is 9.50 Å². The first-order valence-electron chi connectivity index (χ1n) is 6.15. The topological polar surface area (TPSA) is 58.0 Å². The number of aromatic nitrogens is 4. The van der Waals surface area contributed by atoms with E-state index in [0.717, 1.165) is 16.7 Å². The number of rotatable bonds is 2. The number of anilines is 2. The fourth-order valence-electron chi connectivity index (χ4n) is 2.16. The van der Waals surface area contributed by atoms with E-state index in [1.54, 1.807) is 0 Å². The number of benzene rings is 2. The minimum atomic E-state index is 0.639. The molecule has 0 amide bonds. The van der Waals surface area contributed by atoms with E-state index in [-0.39, 0.29) is 0 Å². The van der Waals surface area contributed by atoms with Gasteiger partial charge in [0.2, 0.25) is 5.95 Å². The summed E-state index contributed by atoms with van der Waals surface area (Å²) in [5.74, 6) is 1.28. The molecule has 0 spiro atoms. The van der Waals surface area contributed by atoms with E-state index in [0.29, 0.717) is 16.7 Å². The van der Waals surface area contributed by atoms with E-state index >= 15 is 0 Å². The fourth-order valence-corrected chi connectivity index (χ4v) is 2.28. The second-order valence-corrected chi connectivity index (χ2v) is 4.88. The summed E-state index contributed by atoms with van der Waals surface area (Å²) in [6.45, 7) is 0. The molecule has 2 heterocycles. The molecule has 0 saturated heterocycles. The summed E-state index contributed by atoms with van der Waals surface area (Å²) in [5, 5.41) is 7.07. The van der Waals surface area contributed by atoms with Gasteiger partial charge in [-0.05, 0) is 36.4 Å². The molecule has 2 N–H and O–H groups in total. The Labute approximate surface area is 119 Å². The maximum absolute atomic E-state index is 5.86. The molecule has 6 heteroatoms. The Bertz CT molecular complexity index is 891. The molecule has 0 bridgehead atoms. The number of aromatic amines is 1. The van der Waals surface area contributed by atoms with Crippen LogP contribution in [0.5, 0.6) is 0 Å². The summed E-state index contributed by atoms with van der Waals surface area (Å²) in [5.41, 5.74) is 2.83. The lowest BCUT2D eigenvalue weighted by atomic mass is 10.3. The predicted molar refractivity (Wildman–Crippen MR) is 79.6 cm³/mol. The van der Waals surface area contributed by atoms with E-state index in [2.05, 4.69) is 20.4 Å². The highest BCUT2D eigenvalue weighted by molar-refractivity contribution is 6.30. The van der Waals surface area contributed by atoms with Crippen molar-refractivity contribution in [2.24, 2.45) is 0 Å². The molecule has 0 unspecified atom stereocenters. The maximum Gasteiger partial charge on any atom is 0.253 e. The second-order valence-electron chi connectivity index (χ2n) is 4.44. The first kappa shape index (κ1) is 11.3. The lowest BCUT2D eigenvalue weighted by molar-refractivity contribution is 1.01. The van der Waals surface area contributed by atoms with Crippen LogP contribution in [0.4, 0.5) is 11.6 Å². The van der Waals surface area contributed by atoms with Crippen LogP contribution in [0.15, 0.2) is 48.5 Å². The van der Waals surface area contributed by atoms with E-state index in [1.807, 2.05) is 53.0 Å². The molecular weight excluding hydrogens is 274 g/mol. The normalized spacial score (nSPS) is 11.2. The average molecular weight is 284 g/mol. The lowest BCUT2D eigenvalue weighted by Gasteiger charge is -2.01. The van der Waals surface area contributed by atoms with Gasteiger partial charge >= 0.3 is 0 Å². The van der Waals surface area contributed by atoms with Gasteiger partial charge in [-0.1, -0.05) is 23.7 Å². The van der Waals surface area contributed by atoms with Crippen LogP contribution in [0.3, 0.4) is 0 Å². The zero-order valence-electron chi connectivity index (χ0n) is 10.3. The number of nitrogens with zero attached hydrogens (tertiary/aromatic N) is 3. The number of hydrogen-bond acceptors (Lipinski definition) is 3. The van der Waals surface area contributed by atoms with Crippen LogP contribution in [-0.2, 0) is 0 Å². The van der Waals surface area contributed by atoms with Crippen LogP contribution >= 0.6 is 11.6 Å². The Kier molecular flexibility index (Phi) is 2.40. The lowest BCUT2D eigenvalue weighted by Crippen LogP contribution is -1.93. The van der Waals surface area contributed by atoms with E-state index in [9.17, 15) is 0 Å². The molecule has 2 aromatic heterocycles. The number of fused-ring (bicyclic) bond motifs is 3. The van der Waals surface area contributed by atoms with E-state index in [4.69, 9.17) is 11.6 Å². The van der Waals surface area contributed by atoms with Crippen molar-refractivity contribution < 1.29 is 0 Å². The molecule has 0 saturated carbocycles. The van der Waals surface area contributed by atoms with E-state index in [1.165, 1.54) is 0 Å². The fraction of sp³-hybridized carbons (Fsp3) is 0. The highest BCUT2D eigenvalue weighted by Crippen LogP contribution is 2.19. The quantitative estimate of drug-likeness (QED) is 0.591. The standard InChI is InChI=1S/C14H10ClN5/c15-9-5-7-10(8-6-9)16-13-18-14-17-11-3-1-2-4-12(11)20(14)19-13/h1-8H,(H2,16,17,18,19). The van der Waals surface area contributed by atoms with Gasteiger partial charge in [-0.2, -0.15) is 4.98 Å². The third kappa shape index (κ3) is 1.80. The zero-order valence-corrected chi connectivity index (χ0v) is 11.1. The van der Waals surface area contributed by atoms with Gasteiger partial charge < -0.3 is 5.32 Å². The maximum atomic E-state index is 5.86. The van der Waals surface area contributed by atoms with Crippen molar-refractivity contribution in [3.05, 3.63) is 53.6 Å². The number of para-hydroxylation sites is 2. The van der Waals surface area contributed by atoms with Crippen LogP contribution in [0, 0.1) is 0 Å². The Hall–Kier alpha value is -2.53. The Morgan fingerprint density at radius 1 is 1.00 bits per heavy atom. The van der Waals surface area contributed by atoms with Gasteiger partial charge in [-0.15, -0.1) is 0 Å². The summed E-state index contributed by atoms with van der Waals surface area (Å²) in [6.07, 6.45) is 0. The van der Waals surface area contributed by atoms with Crippen LogP contribution in [-0.4, -0.2) is 19.6 Å². The predicted octanol–water partition coefficient (Wildman–Crippen LogP) is 3.61. The van der Waals surface area contributed by atoms with Crippen molar-refractivity contribution >= 4 is 40.0 Å². The minimum absolute atomic E-state index is 0.639. The third-order valence-electron chi connectivity index (χ3n) is 3.08. The smallest absolute Gasteiger partial charge is 0.253 e. The van der Waals surface area contributed by atoms with Gasteiger partial charge in [0.1, 0.15) is 0 Å². The molecule has 0 aliphatic heterocycles. The average Bonchev–Trinajstić information content (AvgIpc) is 2.98. The van der Waals surface area contributed by atoms with Crippen LogP contribution < -0.4 is 5.32 Å². The van der Waals surface area contributed by atoms with Gasteiger partial charge in [0, 0.05) is 10.7 Å². The first-order valence-corrected chi connectivity index (χ1v) is 6.53. The number of halogens is 1.